The molecule has 0 spiro atoms. The van der Waals surface area contributed by atoms with E-state index in [2.05, 4.69) is 22.4 Å². The molecule has 2 amide bonds. The summed E-state index contributed by atoms with van der Waals surface area (Å²) in [6, 6.07) is 10.8. The molecule has 2 N–H and O–H groups in total. The molecule has 0 saturated heterocycles. The van der Waals surface area contributed by atoms with E-state index in [4.69, 9.17) is 18.9 Å². The van der Waals surface area contributed by atoms with Gasteiger partial charge in [-0.05, 0) is 47.9 Å². The highest BCUT2D eigenvalue weighted by atomic mass is 16.5. The van der Waals surface area contributed by atoms with Gasteiger partial charge in [0.1, 0.15) is 13.0 Å². The Bertz CT molecular complexity index is 990. The van der Waals surface area contributed by atoms with Crippen molar-refractivity contribution in [3.05, 3.63) is 60.2 Å². The first-order valence-electron chi connectivity index (χ1n) is 10.2. The highest BCUT2D eigenvalue weighted by Crippen LogP contribution is 2.28. The zero-order chi connectivity index (χ0) is 24.1. The number of carbonyl (C=O) groups is 2. The molecule has 9 nitrogen and oxygen atoms in total. The van der Waals surface area contributed by atoms with Gasteiger partial charge < -0.3 is 24.3 Å². The number of hydrogen-bond donors (Lipinski definition) is 2. The van der Waals surface area contributed by atoms with Crippen molar-refractivity contribution in [2.75, 3.05) is 34.5 Å². The molecule has 9 heteroatoms. The molecule has 0 bridgehead atoms. The van der Waals surface area contributed by atoms with Crippen molar-refractivity contribution in [1.29, 1.82) is 0 Å². The van der Waals surface area contributed by atoms with Crippen molar-refractivity contribution >= 4 is 18.0 Å². The van der Waals surface area contributed by atoms with E-state index in [-0.39, 0.29) is 6.42 Å². The predicted molar refractivity (Wildman–Crippen MR) is 125 cm³/mol. The number of hydrogen-bond acceptors (Lipinski definition) is 7. The highest BCUT2D eigenvalue weighted by molar-refractivity contribution is 5.97. The van der Waals surface area contributed by atoms with Crippen LogP contribution in [0.5, 0.6) is 23.0 Å². The topological polar surface area (TPSA) is 107 Å². The lowest BCUT2D eigenvalue weighted by Crippen LogP contribution is -2.31. The molecule has 0 aliphatic carbocycles. The fourth-order valence-electron chi connectivity index (χ4n) is 2.84. The maximum Gasteiger partial charge on any atom is 0.249 e. The number of nitrogens with zero attached hydrogens (tertiary/aromatic N) is 1. The summed E-state index contributed by atoms with van der Waals surface area (Å²) in [7, 11) is 4.66. The normalized spacial score (nSPS) is 10.4. The Morgan fingerprint density at radius 3 is 2.33 bits per heavy atom. The van der Waals surface area contributed by atoms with E-state index < -0.39 is 11.8 Å². The van der Waals surface area contributed by atoms with Crippen LogP contribution in [0.3, 0.4) is 0 Å². The average molecular weight is 456 g/mol. The lowest BCUT2D eigenvalue weighted by atomic mass is 10.1. The zero-order valence-corrected chi connectivity index (χ0v) is 19.1. The summed E-state index contributed by atoms with van der Waals surface area (Å²) in [6.07, 6.45) is 3.34. The van der Waals surface area contributed by atoms with Gasteiger partial charge in [-0.25, -0.2) is 5.43 Å². The van der Waals surface area contributed by atoms with E-state index in [0.29, 0.717) is 48.1 Å². The Labute approximate surface area is 193 Å². The minimum atomic E-state index is -0.521. The number of hydrazone groups is 1. The fraction of sp³-hybridized carbons (Fsp3) is 0.292. The molecule has 0 radical (unpaired) electrons. The van der Waals surface area contributed by atoms with E-state index in [9.17, 15) is 9.59 Å². The molecule has 0 aliphatic heterocycles. The molecule has 0 aliphatic rings. The summed E-state index contributed by atoms with van der Waals surface area (Å²) in [6.45, 7) is 4.34. The quantitative estimate of drug-likeness (QED) is 0.208. The third-order valence-corrected chi connectivity index (χ3v) is 4.45. The SMILES string of the molecule is C=CCOc1ccc(/C=N/NC(=O)CC(=O)NCCc2ccc(OC)c(OC)c2)cc1OC. The van der Waals surface area contributed by atoms with E-state index in [0.717, 1.165) is 5.56 Å². The lowest BCUT2D eigenvalue weighted by Gasteiger charge is -2.10. The van der Waals surface area contributed by atoms with Crippen molar-refractivity contribution in [2.24, 2.45) is 5.10 Å². The molecule has 0 heterocycles. The largest absolute Gasteiger partial charge is 0.493 e. The minimum Gasteiger partial charge on any atom is -0.493 e. The molecular formula is C24H29N3O6. The molecule has 176 valence electrons. The summed E-state index contributed by atoms with van der Waals surface area (Å²) < 4.78 is 21.2. The minimum absolute atomic E-state index is 0.332. The third-order valence-electron chi connectivity index (χ3n) is 4.45. The van der Waals surface area contributed by atoms with E-state index in [1.54, 1.807) is 44.6 Å². The Morgan fingerprint density at radius 2 is 1.64 bits per heavy atom. The number of rotatable bonds is 13. The molecule has 2 aromatic rings. The summed E-state index contributed by atoms with van der Waals surface area (Å²) in [4.78, 5) is 24.0. The highest BCUT2D eigenvalue weighted by Gasteiger charge is 2.09. The number of carbonyl (C=O) groups excluding carboxylic acids is 2. The predicted octanol–water partition coefficient (Wildman–Crippen LogP) is 2.48. The summed E-state index contributed by atoms with van der Waals surface area (Å²) in [5.74, 6) is 1.44. The molecule has 0 aromatic heterocycles. The van der Waals surface area contributed by atoms with Crippen LogP contribution in [0.4, 0.5) is 0 Å². The van der Waals surface area contributed by atoms with Crippen molar-refractivity contribution in [3.8, 4) is 23.0 Å². The van der Waals surface area contributed by atoms with Gasteiger partial charge in [0.25, 0.3) is 0 Å². The van der Waals surface area contributed by atoms with Crippen molar-refractivity contribution < 1.29 is 28.5 Å². The molecule has 0 fully saturated rings. The number of methoxy groups -OCH3 is 3. The molecule has 0 saturated carbocycles. The molecular weight excluding hydrogens is 426 g/mol. The van der Waals surface area contributed by atoms with Gasteiger partial charge in [-0.15, -0.1) is 0 Å². The fourth-order valence-corrected chi connectivity index (χ4v) is 2.84. The first-order valence-corrected chi connectivity index (χ1v) is 10.2. The Kier molecular flexibility index (Phi) is 10.3. The zero-order valence-electron chi connectivity index (χ0n) is 19.1. The number of ether oxygens (including phenoxy) is 4. The number of nitrogens with one attached hydrogen (secondary N) is 2. The van der Waals surface area contributed by atoms with Crippen LogP contribution in [0.25, 0.3) is 0 Å². The van der Waals surface area contributed by atoms with E-state index >= 15 is 0 Å². The second-order valence-electron chi connectivity index (χ2n) is 6.77. The van der Waals surface area contributed by atoms with Crippen molar-refractivity contribution in [2.45, 2.75) is 12.8 Å². The van der Waals surface area contributed by atoms with Gasteiger partial charge in [0.15, 0.2) is 23.0 Å². The molecule has 33 heavy (non-hydrogen) atoms. The van der Waals surface area contributed by atoms with Gasteiger partial charge >= 0.3 is 0 Å². The molecule has 0 unspecified atom stereocenters. The Balaban J connectivity index is 1.77. The van der Waals surface area contributed by atoms with Gasteiger partial charge in [-0.2, -0.15) is 5.10 Å². The molecule has 2 rings (SSSR count). The number of amides is 2. The first-order chi connectivity index (χ1) is 16.0. The number of benzene rings is 2. The maximum atomic E-state index is 12.0. The van der Waals surface area contributed by atoms with Crippen LogP contribution in [0.2, 0.25) is 0 Å². The Hall–Kier alpha value is -4.01. The second-order valence-corrected chi connectivity index (χ2v) is 6.77. The molecule has 0 atom stereocenters. The van der Waals surface area contributed by atoms with Gasteiger partial charge in [0.2, 0.25) is 11.8 Å². The van der Waals surface area contributed by atoms with Gasteiger partial charge in [-0.1, -0.05) is 18.7 Å². The van der Waals surface area contributed by atoms with Crippen molar-refractivity contribution in [3.63, 3.8) is 0 Å². The monoisotopic (exact) mass is 455 g/mol. The Morgan fingerprint density at radius 1 is 0.939 bits per heavy atom. The summed E-state index contributed by atoms with van der Waals surface area (Å²) in [5.41, 5.74) is 4.00. The van der Waals surface area contributed by atoms with Crippen LogP contribution in [0, 0.1) is 0 Å². The second kappa shape index (κ2) is 13.4. The first kappa shape index (κ1) is 25.3. The van der Waals surface area contributed by atoms with Crippen LogP contribution >= 0.6 is 0 Å². The van der Waals surface area contributed by atoms with Crippen molar-refractivity contribution in [1.82, 2.24) is 10.7 Å². The maximum absolute atomic E-state index is 12.0. The van der Waals surface area contributed by atoms with Crippen LogP contribution in [0.1, 0.15) is 17.5 Å². The lowest BCUT2D eigenvalue weighted by molar-refractivity contribution is -0.129. The van der Waals surface area contributed by atoms with Crippen LogP contribution in [0.15, 0.2) is 54.2 Å². The van der Waals surface area contributed by atoms with Gasteiger partial charge in [-0.3, -0.25) is 9.59 Å². The molecule has 2 aromatic carbocycles. The van der Waals surface area contributed by atoms with Gasteiger partial charge in [0.05, 0.1) is 27.5 Å². The van der Waals surface area contributed by atoms with Gasteiger partial charge in [0, 0.05) is 6.54 Å². The summed E-state index contributed by atoms with van der Waals surface area (Å²) >= 11 is 0. The smallest absolute Gasteiger partial charge is 0.249 e. The van der Waals surface area contributed by atoms with Crippen LogP contribution in [-0.2, 0) is 16.0 Å². The third kappa shape index (κ3) is 8.21. The van der Waals surface area contributed by atoms with E-state index in [1.165, 1.54) is 13.3 Å². The summed E-state index contributed by atoms with van der Waals surface area (Å²) in [5, 5.41) is 6.60. The standard InChI is InChI=1S/C24H29N3O6/c1-5-12-33-20-9-7-18(14-22(20)32-4)16-26-27-24(29)15-23(28)25-11-10-17-6-8-19(30-2)21(13-17)31-3/h5-9,13-14,16H,1,10-12,15H2,2-4H3,(H,25,28)(H,27,29)/b26-16+. The van der Waals surface area contributed by atoms with Crippen LogP contribution < -0.4 is 29.7 Å². The van der Waals surface area contributed by atoms with E-state index in [1.807, 2.05) is 12.1 Å². The van der Waals surface area contributed by atoms with Crippen LogP contribution in [-0.4, -0.2) is 52.5 Å². The average Bonchev–Trinajstić information content (AvgIpc) is 2.82.